The zero-order valence-electron chi connectivity index (χ0n) is 18.6. The van der Waals surface area contributed by atoms with Gasteiger partial charge in [-0.25, -0.2) is 0 Å². The molecule has 1 aliphatic rings. The van der Waals surface area contributed by atoms with Crippen LogP contribution in [0.3, 0.4) is 0 Å². The first kappa shape index (κ1) is 21.4. The molecule has 2 N–H and O–H groups in total. The maximum atomic E-state index is 13.3. The summed E-state index contributed by atoms with van der Waals surface area (Å²) in [5.74, 6) is 0.174. The van der Waals surface area contributed by atoms with Gasteiger partial charge in [0.25, 0.3) is 5.91 Å². The van der Waals surface area contributed by atoms with E-state index >= 15 is 0 Å². The van der Waals surface area contributed by atoms with Crippen molar-refractivity contribution in [2.75, 3.05) is 13.1 Å². The molecule has 0 unspecified atom stereocenters. The van der Waals surface area contributed by atoms with Crippen LogP contribution in [0.25, 0.3) is 10.9 Å². The van der Waals surface area contributed by atoms with Gasteiger partial charge in [0.2, 0.25) is 0 Å². The predicted octanol–water partition coefficient (Wildman–Crippen LogP) is 4.85. The highest BCUT2D eigenvalue weighted by molar-refractivity contribution is 6.08. The number of phenolic OH excluding ortho intramolecular Hbond substituents is 1. The van der Waals surface area contributed by atoms with E-state index < -0.39 is 0 Å². The Hall–Kier alpha value is -2.79. The van der Waals surface area contributed by atoms with Crippen molar-refractivity contribution in [3.63, 3.8) is 0 Å². The number of nitrogens with one attached hydrogen (secondary N) is 1. The smallest absolute Gasteiger partial charge is 0.253 e. The number of nitrogens with zero attached hydrogens (tertiary/aromatic N) is 2. The maximum Gasteiger partial charge on any atom is 0.253 e. The lowest BCUT2D eigenvalue weighted by Crippen LogP contribution is -2.44. The molecule has 1 amide bonds. The third-order valence-electron chi connectivity index (χ3n) is 6.44. The Morgan fingerprint density at radius 3 is 2.58 bits per heavy atom. The van der Waals surface area contributed by atoms with Gasteiger partial charge in [-0.2, -0.15) is 0 Å². The summed E-state index contributed by atoms with van der Waals surface area (Å²) in [5.41, 5.74) is 4.04. The van der Waals surface area contributed by atoms with Gasteiger partial charge in [0, 0.05) is 48.8 Å². The SMILES string of the molecule is CCCCn1c(C)c(C(=O)NC2CCN(Cc3ccccc3)CC2)c2cc(O)ccc21. The molecule has 1 aliphatic heterocycles. The number of hydrogen-bond donors (Lipinski definition) is 2. The Balaban J connectivity index is 1.45. The van der Waals surface area contributed by atoms with E-state index in [1.165, 1.54) is 5.56 Å². The molecule has 0 bridgehead atoms. The number of amides is 1. The normalized spacial score (nSPS) is 15.4. The molecule has 0 spiro atoms. The maximum absolute atomic E-state index is 13.3. The third kappa shape index (κ3) is 4.77. The Kier molecular flexibility index (Phi) is 6.62. The van der Waals surface area contributed by atoms with Crippen LogP contribution < -0.4 is 5.32 Å². The first-order chi connectivity index (χ1) is 15.1. The van der Waals surface area contributed by atoms with Crippen LogP contribution >= 0.6 is 0 Å². The molecule has 0 aliphatic carbocycles. The molecule has 3 aromatic rings. The standard InChI is InChI=1S/C26H33N3O2/c1-3-4-14-29-19(2)25(23-17-22(30)10-11-24(23)29)26(31)27-21-12-15-28(16-13-21)18-20-8-6-5-7-9-20/h5-11,17,21,30H,3-4,12-16,18H2,1-2H3,(H,27,31). The van der Waals surface area contributed by atoms with Gasteiger partial charge in [-0.05, 0) is 49.9 Å². The van der Waals surface area contributed by atoms with Crippen LogP contribution in [0.15, 0.2) is 48.5 Å². The number of rotatable bonds is 7. The van der Waals surface area contributed by atoms with E-state index in [0.717, 1.165) is 68.5 Å². The van der Waals surface area contributed by atoms with Crippen LogP contribution in [0.5, 0.6) is 5.75 Å². The second kappa shape index (κ2) is 9.56. The molecule has 0 radical (unpaired) electrons. The van der Waals surface area contributed by atoms with Crippen LogP contribution in [0.2, 0.25) is 0 Å². The van der Waals surface area contributed by atoms with Crippen molar-refractivity contribution in [2.24, 2.45) is 0 Å². The molecule has 1 aromatic heterocycles. The van der Waals surface area contributed by atoms with Crippen LogP contribution in [0, 0.1) is 6.92 Å². The summed E-state index contributed by atoms with van der Waals surface area (Å²) >= 11 is 0. The minimum absolute atomic E-state index is 0.0233. The summed E-state index contributed by atoms with van der Waals surface area (Å²) < 4.78 is 2.22. The zero-order chi connectivity index (χ0) is 21.8. The lowest BCUT2D eigenvalue weighted by molar-refractivity contribution is 0.0909. The number of phenols is 1. The lowest BCUT2D eigenvalue weighted by atomic mass is 10.0. The van der Waals surface area contributed by atoms with Gasteiger partial charge in [0.05, 0.1) is 5.56 Å². The molecule has 2 aromatic carbocycles. The first-order valence-electron chi connectivity index (χ1n) is 11.5. The molecule has 164 valence electrons. The Morgan fingerprint density at radius 1 is 1.13 bits per heavy atom. The number of fused-ring (bicyclic) bond motifs is 1. The van der Waals surface area contributed by atoms with Crippen molar-refractivity contribution >= 4 is 16.8 Å². The fourth-order valence-corrected chi connectivity index (χ4v) is 4.70. The van der Waals surface area contributed by atoms with E-state index in [9.17, 15) is 9.90 Å². The van der Waals surface area contributed by atoms with Crippen LogP contribution in [-0.4, -0.2) is 39.6 Å². The van der Waals surface area contributed by atoms with Crippen molar-refractivity contribution in [1.29, 1.82) is 0 Å². The average Bonchev–Trinajstić information content (AvgIpc) is 3.04. The van der Waals surface area contributed by atoms with Crippen LogP contribution in [-0.2, 0) is 13.1 Å². The molecule has 1 fully saturated rings. The number of benzene rings is 2. The van der Waals surface area contributed by atoms with E-state index in [4.69, 9.17) is 0 Å². The molecular formula is C26H33N3O2. The molecule has 0 atom stereocenters. The molecule has 4 rings (SSSR count). The number of likely N-dealkylation sites (tertiary alicyclic amines) is 1. The molecular weight excluding hydrogens is 386 g/mol. The van der Waals surface area contributed by atoms with Crippen molar-refractivity contribution in [1.82, 2.24) is 14.8 Å². The molecule has 1 saturated heterocycles. The summed E-state index contributed by atoms with van der Waals surface area (Å²) in [6.07, 6.45) is 4.07. The Labute approximate surface area is 184 Å². The summed E-state index contributed by atoms with van der Waals surface area (Å²) in [6, 6.07) is 16.1. The fourth-order valence-electron chi connectivity index (χ4n) is 4.70. The second-order valence-corrected chi connectivity index (χ2v) is 8.68. The zero-order valence-corrected chi connectivity index (χ0v) is 18.6. The topological polar surface area (TPSA) is 57.5 Å². The van der Waals surface area contributed by atoms with Gasteiger partial charge in [0.1, 0.15) is 5.75 Å². The number of aromatic nitrogens is 1. The Morgan fingerprint density at radius 2 is 1.87 bits per heavy atom. The quantitative estimate of drug-likeness (QED) is 0.576. The lowest BCUT2D eigenvalue weighted by Gasteiger charge is -2.32. The second-order valence-electron chi connectivity index (χ2n) is 8.68. The van der Waals surface area contributed by atoms with Crippen molar-refractivity contribution in [3.05, 3.63) is 65.4 Å². The third-order valence-corrected chi connectivity index (χ3v) is 6.44. The van der Waals surface area contributed by atoms with Crippen molar-refractivity contribution in [3.8, 4) is 5.75 Å². The highest BCUT2D eigenvalue weighted by atomic mass is 16.3. The number of carbonyl (C=O) groups excluding carboxylic acids is 1. The molecule has 31 heavy (non-hydrogen) atoms. The number of aryl methyl sites for hydroxylation is 1. The largest absolute Gasteiger partial charge is 0.508 e. The minimum atomic E-state index is -0.0233. The van der Waals surface area contributed by atoms with Crippen LogP contribution in [0.4, 0.5) is 0 Å². The number of hydrogen-bond acceptors (Lipinski definition) is 3. The number of carbonyl (C=O) groups is 1. The molecule has 0 saturated carbocycles. The number of aromatic hydroxyl groups is 1. The van der Waals surface area contributed by atoms with E-state index in [2.05, 4.69) is 46.0 Å². The van der Waals surface area contributed by atoms with Gasteiger partial charge < -0.3 is 15.0 Å². The molecule has 5 heteroatoms. The van der Waals surface area contributed by atoms with Crippen LogP contribution in [0.1, 0.15) is 54.2 Å². The minimum Gasteiger partial charge on any atom is -0.508 e. The summed E-state index contributed by atoms with van der Waals surface area (Å²) in [5, 5.41) is 14.2. The van der Waals surface area contributed by atoms with Crippen molar-refractivity contribution in [2.45, 2.75) is 58.7 Å². The van der Waals surface area contributed by atoms with Crippen molar-refractivity contribution < 1.29 is 9.90 Å². The van der Waals surface area contributed by atoms with Gasteiger partial charge >= 0.3 is 0 Å². The highest BCUT2D eigenvalue weighted by Crippen LogP contribution is 2.30. The van der Waals surface area contributed by atoms with Gasteiger partial charge in [-0.3, -0.25) is 9.69 Å². The summed E-state index contributed by atoms with van der Waals surface area (Å²) in [4.78, 5) is 15.8. The van der Waals surface area contributed by atoms with Gasteiger partial charge in [0.15, 0.2) is 0 Å². The number of piperidine rings is 1. The Bertz CT molecular complexity index is 1030. The monoisotopic (exact) mass is 419 g/mol. The molecule has 2 heterocycles. The number of unbranched alkanes of at least 4 members (excludes halogenated alkanes) is 1. The predicted molar refractivity (Wildman–Crippen MR) is 125 cm³/mol. The highest BCUT2D eigenvalue weighted by Gasteiger charge is 2.25. The average molecular weight is 420 g/mol. The summed E-state index contributed by atoms with van der Waals surface area (Å²) in [6.45, 7) is 8.00. The van der Waals surface area contributed by atoms with Gasteiger partial charge in [-0.15, -0.1) is 0 Å². The van der Waals surface area contributed by atoms with E-state index in [-0.39, 0.29) is 17.7 Å². The van der Waals surface area contributed by atoms with Gasteiger partial charge in [-0.1, -0.05) is 43.7 Å². The molecule has 5 nitrogen and oxygen atoms in total. The fraction of sp³-hybridized carbons (Fsp3) is 0.423. The van der Waals surface area contributed by atoms with E-state index in [1.54, 1.807) is 12.1 Å². The van der Waals surface area contributed by atoms with E-state index in [0.29, 0.717) is 5.56 Å². The first-order valence-corrected chi connectivity index (χ1v) is 11.5. The summed E-state index contributed by atoms with van der Waals surface area (Å²) in [7, 11) is 0. The van der Waals surface area contributed by atoms with E-state index in [1.807, 2.05) is 19.1 Å².